The standard InChI is InChI=1S/C24H36N4O12/c1-15(2)19(29)37-13-39-23(33)27-11-35-21(31)25-9-17-6-5-7-18(8-17)10-26-22(32)36-12-28-24(34)40-14-38-20(30)16(3)4/h17-18H,1,3,5-14H2,2,4H3,(H,25,31)(H,26,32)(H,27,33)(H,28,34). The Labute approximate surface area is 231 Å². The Morgan fingerprint density at radius 2 is 0.975 bits per heavy atom. The van der Waals surface area contributed by atoms with Crippen LogP contribution < -0.4 is 21.3 Å². The van der Waals surface area contributed by atoms with Gasteiger partial charge in [-0.25, -0.2) is 28.8 Å². The number of alkyl carbamates (subject to hydrolysis) is 4. The SMILES string of the molecule is C=C(C)C(=O)OCOC(=O)NCOC(=O)NCC1CCCC(CNC(=O)OCNC(=O)OCOC(=O)C(=C)C)C1. The molecule has 2 atom stereocenters. The van der Waals surface area contributed by atoms with Gasteiger partial charge in [0, 0.05) is 24.2 Å². The molecule has 0 radical (unpaired) electrons. The zero-order valence-corrected chi connectivity index (χ0v) is 22.5. The lowest BCUT2D eigenvalue weighted by atomic mass is 9.81. The van der Waals surface area contributed by atoms with Gasteiger partial charge in [-0.2, -0.15) is 0 Å². The second-order valence-corrected chi connectivity index (χ2v) is 8.69. The molecule has 1 saturated carbocycles. The van der Waals surface area contributed by atoms with Crippen LogP contribution in [0.3, 0.4) is 0 Å². The highest BCUT2D eigenvalue weighted by Crippen LogP contribution is 2.28. The molecule has 4 N–H and O–H groups in total. The van der Waals surface area contributed by atoms with Gasteiger partial charge in [0.1, 0.15) is 0 Å². The summed E-state index contributed by atoms with van der Waals surface area (Å²) in [6, 6.07) is 0. The normalized spacial score (nSPS) is 15.8. The van der Waals surface area contributed by atoms with Crippen LogP contribution in [0.15, 0.2) is 24.3 Å². The smallest absolute Gasteiger partial charge is 0.412 e. The van der Waals surface area contributed by atoms with Crippen LogP contribution in [0.25, 0.3) is 0 Å². The van der Waals surface area contributed by atoms with Crippen LogP contribution in [-0.2, 0) is 38.0 Å². The number of amides is 4. The Bertz CT molecular complexity index is 867. The largest absolute Gasteiger partial charge is 0.428 e. The van der Waals surface area contributed by atoms with E-state index in [2.05, 4.69) is 53.4 Å². The fourth-order valence-electron chi connectivity index (χ4n) is 3.27. The van der Waals surface area contributed by atoms with E-state index in [1.807, 2.05) is 0 Å². The lowest BCUT2D eigenvalue weighted by Crippen LogP contribution is -2.38. The summed E-state index contributed by atoms with van der Waals surface area (Å²) < 4.78 is 28.0. The Kier molecular flexibility index (Phi) is 15.7. The molecular formula is C24H36N4O12. The number of hydrogen-bond donors (Lipinski definition) is 4. The molecule has 0 bridgehead atoms. The molecule has 224 valence electrons. The quantitative estimate of drug-likeness (QED) is 0.102. The van der Waals surface area contributed by atoms with Gasteiger partial charge in [-0.1, -0.05) is 19.6 Å². The van der Waals surface area contributed by atoms with E-state index in [9.17, 15) is 28.8 Å². The van der Waals surface area contributed by atoms with Crippen molar-refractivity contribution in [2.75, 3.05) is 40.1 Å². The third kappa shape index (κ3) is 15.7. The van der Waals surface area contributed by atoms with Crippen molar-refractivity contribution in [2.24, 2.45) is 11.8 Å². The monoisotopic (exact) mass is 572 g/mol. The second-order valence-electron chi connectivity index (χ2n) is 8.69. The van der Waals surface area contributed by atoms with E-state index < -0.39 is 63.4 Å². The molecule has 0 heterocycles. The minimum atomic E-state index is -0.944. The van der Waals surface area contributed by atoms with Crippen molar-refractivity contribution in [2.45, 2.75) is 39.5 Å². The molecule has 16 heteroatoms. The minimum absolute atomic E-state index is 0.152. The lowest BCUT2D eigenvalue weighted by molar-refractivity contribution is -0.148. The number of nitrogens with one attached hydrogen (secondary N) is 4. The molecule has 40 heavy (non-hydrogen) atoms. The number of ether oxygens (including phenoxy) is 6. The van der Waals surface area contributed by atoms with Crippen molar-refractivity contribution in [1.82, 2.24) is 21.3 Å². The van der Waals surface area contributed by atoms with Gasteiger partial charge in [0.2, 0.25) is 13.6 Å². The van der Waals surface area contributed by atoms with E-state index in [1.54, 1.807) is 0 Å². The Hall–Kier alpha value is -4.50. The lowest BCUT2D eigenvalue weighted by Gasteiger charge is -2.29. The molecule has 2 unspecified atom stereocenters. The van der Waals surface area contributed by atoms with E-state index in [4.69, 9.17) is 9.47 Å². The van der Waals surface area contributed by atoms with Crippen LogP contribution in [0.4, 0.5) is 19.2 Å². The van der Waals surface area contributed by atoms with Gasteiger partial charge in [0.05, 0.1) is 0 Å². The second kappa shape index (κ2) is 18.7. The molecule has 0 aromatic carbocycles. The van der Waals surface area contributed by atoms with E-state index in [1.165, 1.54) is 13.8 Å². The minimum Gasteiger partial charge on any atom is -0.428 e. The number of carbonyl (C=O) groups is 6. The maximum atomic E-state index is 11.9. The van der Waals surface area contributed by atoms with Crippen molar-refractivity contribution in [3.8, 4) is 0 Å². The van der Waals surface area contributed by atoms with Crippen LogP contribution in [0.1, 0.15) is 39.5 Å². The molecule has 0 aromatic heterocycles. The van der Waals surface area contributed by atoms with Crippen LogP contribution in [0.5, 0.6) is 0 Å². The van der Waals surface area contributed by atoms with Gasteiger partial charge in [-0.15, -0.1) is 0 Å². The summed E-state index contributed by atoms with van der Waals surface area (Å²) in [4.78, 5) is 69.0. The average molecular weight is 573 g/mol. The van der Waals surface area contributed by atoms with E-state index in [0.717, 1.165) is 25.7 Å². The van der Waals surface area contributed by atoms with Crippen LogP contribution in [0, 0.1) is 11.8 Å². The Morgan fingerprint density at radius 3 is 1.35 bits per heavy atom. The summed E-state index contributed by atoms with van der Waals surface area (Å²) in [5.41, 5.74) is 0.305. The van der Waals surface area contributed by atoms with Gasteiger partial charge < -0.3 is 39.1 Å². The van der Waals surface area contributed by atoms with E-state index >= 15 is 0 Å². The Morgan fingerprint density at radius 1 is 0.600 bits per heavy atom. The van der Waals surface area contributed by atoms with Gasteiger partial charge in [-0.05, 0) is 44.9 Å². The summed E-state index contributed by atoms with van der Waals surface area (Å²) in [6.07, 6.45) is 0.0271. The van der Waals surface area contributed by atoms with Crippen LogP contribution in [0.2, 0.25) is 0 Å². The van der Waals surface area contributed by atoms with Crippen molar-refractivity contribution in [3.05, 3.63) is 24.3 Å². The third-order valence-corrected chi connectivity index (χ3v) is 5.26. The zero-order chi connectivity index (χ0) is 29.9. The van der Waals surface area contributed by atoms with Crippen molar-refractivity contribution >= 4 is 36.3 Å². The number of hydrogen-bond acceptors (Lipinski definition) is 12. The molecular weight excluding hydrogens is 536 g/mol. The Balaban J connectivity index is 2.13. The molecule has 1 aliphatic carbocycles. The first-order valence-electron chi connectivity index (χ1n) is 12.3. The number of rotatable bonds is 14. The molecule has 0 saturated heterocycles. The number of carbonyl (C=O) groups excluding carboxylic acids is 6. The summed E-state index contributed by atoms with van der Waals surface area (Å²) in [6.45, 7) is 8.20. The maximum absolute atomic E-state index is 11.9. The summed E-state index contributed by atoms with van der Waals surface area (Å²) in [5, 5.41) is 9.57. The van der Waals surface area contributed by atoms with Gasteiger partial charge in [-0.3, -0.25) is 10.6 Å². The molecule has 4 amide bonds. The van der Waals surface area contributed by atoms with Crippen LogP contribution >= 0.6 is 0 Å². The molecule has 1 fully saturated rings. The third-order valence-electron chi connectivity index (χ3n) is 5.26. The first-order valence-corrected chi connectivity index (χ1v) is 12.3. The van der Waals surface area contributed by atoms with Gasteiger partial charge in [0.15, 0.2) is 13.5 Å². The highest BCUT2D eigenvalue weighted by Gasteiger charge is 2.23. The molecule has 0 aliphatic heterocycles. The molecule has 0 spiro atoms. The fraction of sp³-hybridized carbons (Fsp3) is 0.583. The highest BCUT2D eigenvalue weighted by molar-refractivity contribution is 5.87. The van der Waals surface area contributed by atoms with Gasteiger partial charge >= 0.3 is 36.3 Å². The van der Waals surface area contributed by atoms with Crippen LogP contribution in [-0.4, -0.2) is 76.4 Å². The summed E-state index contributed by atoms with van der Waals surface area (Å²) in [5.74, 6) is -1.11. The zero-order valence-electron chi connectivity index (χ0n) is 22.5. The highest BCUT2D eigenvalue weighted by atomic mass is 16.7. The fourth-order valence-corrected chi connectivity index (χ4v) is 3.27. The first-order chi connectivity index (χ1) is 19.0. The molecule has 0 aromatic rings. The van der Waals surface area contributed by atoms with Crippen molar-refractivity contribution < 1.29 is 57.2 Å². The molecule has 16 nitrogen and oxygen atoms in total. The van der Waals surface area contributed by atoms with E-state index in [0.29, 0.717) is 13.1 Å². The van der Waals surface area contributed by atoms with Crippen molar-refractivity contribution in [3.63, 3.8) is 0 Å². The average Bonchev–Trinajstić information content (AvgIpc) is 2.90. The summed E-state index contributed by atoms with van der Waals surface area (Å²) in [7, 11) is 0. The molecule has 1 aliphatic rings. The predicted molar refractivity (Wildman–Crippen MR) is 135 cm³/mol. The number of esters is 2. The summed E-state index contributed by atoms with van der Waals surface area (Å²) >= 11 is 0. The predicted octanol–water partition coefficient (Wildman–Crippen LogP) is 1.77. The topological polar surface area (TPSA) is 206 Å². The molecule has 1 rings (SSSR count). The maximum Gasteiger partial charge on any atom is 0.412 e. The first kappa shape index (κ1) is 33.5. The van der Waals surface area contributed by atoms with Gasteiger partial charge in [0.25, 0.3) is 0 Å². The van der Waals surface area contributed by atoms with Crippen molar-refractivity contribution in [1.29, 1.82) is 0 Å². The van der Waals surface area contributed by atoms with E-state index in [-0.39, 0.29) is 23.0 Å².